The number of pyridine rings is 1. The smallest absolute Gasteiger partial charge is 0.350 e. The van der Waals surface area contributed by atoms with Crippen molar-refractivity contribution in [1.82, 2.24) is 19.1 Å². The molecule has 0 N–H and O–H groups in total. The molecule has 1 atom stereocenters. The van der Waals surface area contributed by atoms with E-state index in [0.29, 0.717) is 31.7 Å². The molecule has 5 rings (SSSR count). The summed E-state index contributed by atoms with van der Waals surface area (Å²) in [5.41, 5.74) is 2.38. The first-order valence-corrected chi connectivity index (χ1v) is 9.13. The Hall–Kier alpha value is -2.52. The number of carbonyl (C=O) groups is 1. The molecule has 1 amide bonds. The molecule has 1 saturated heterocycles. The van der Waals surface area contributed by atoms with Gasteiger partial charge in [0.15, 0.2) is 0 Å². The number of hydrogen-bond acceptors (Lipinski definition) is 6. The van der Waals surface area contributed by atoms with Crippen molar-refractivity contribution < 1.29 is 9.18 Å². The number of anilines is 2. The first kappa shape index (κ1) is 17.9. The van der Waals surface area contributed by atoms with Crippen LogP contribution in [-0.4, -0.2) is 44.4 Å². The third-order valence-corrected chi connectivity index (χ3v) is 5.47. The molecule has 27 heavy (non-hydrogen) atoms. The molecule has 10 heteroatoms. The van der Waals surface area contributed by atoms with E-state index in [1.807, 2.05) is 29.2 Å². The van der Waals surface area contributed by atoms with Gasteiger partial charge in [-0.25, -0.2) is 14.2 Å². The number of fused-ring (bicyclic) bond motifs is 1. The number of nitrogens with zero attached hydrogens (tertiary/aromatic N) is 6. The van der Waals surface area contributed by atoms with Crippen molar-refractivity contribution in [2.75, 3.05) is 22.9 Å². The predicted molar refractivity (Wildman–Crippen MR) is 104 cm³/mol. The van der Waals surface area contributed by atoms with E-state index in [0.717, 1.165) is 22.1 Å². The number of amides is 1. The minimum Gasteiger partial charge on any atom is -0.354 e. The minimum absolute atomic E-state index is 0. The minimum atomic E-state index is -0.778. The first-order valence-electron chi connectivity index (χ1n) is 8.36. The molecular formula is C17H16ClFN6OS. The highest BCUT2D eigenvalue weighted by Crippen LogP contribution is 2.30. The van der Waals surface area contributed by atoms with Crippen LogP contribution in [0.1, 0.15) is 12.1 Å². The van der Waals surface area contributed by atoms with E-state index in [9.17, 15) is 9.18 Å². The zero-order valence-corrected chi connectivity index (χ0v) is 15.8. The van der Waals surface area contributed by atoms with Gasteiger partial charge in [-0.3, -0.25) is 4.90 Å². The van der Waals surface area contributed by atoms with Gasteiger partial charge >= 0.3 is 6.03 Å². The SMILES string of the molecule is Cl.O=C1N(c2ccns2)Cc2cc(-c3ccc(N4CCC(F)C4)nc3)nn21. The van der Waals surface area contributed by atoms with Gasteiger partial charge < -0.3 is 4.90 Å². The predicted octanol–water partition coefficient (Wildman–Crippen LogP) is 3.36. The zero-order chi connectivity index (χ0) is 17.7. The summed E-state index contributed by atoms with van der Waals surface area (Å²) in [4.78, 5) is 20.6. The maximum atomic E-state index is 13.3. The molecule has 0 bridgehead atoms. The Morgan fingerprint density at radius 1 is 1.26 bits per heavy atom. The molecule has 0 radical (unpaired) electrons. The van der Waals surface area contributed by atoms with Crippen molar-refractivity contribution in [3.63, 3.8) is 0 Å². The van der Waals surface area contributed by atoms with Gasteiger partial charge in [-0.05, 0) is 42.2 Å². The van der Waals surface area contributed by atoms with Crippen molar-refractivity contribution in [1.29, 1.82) is 0 Å². The van der Waals surface area contributed by atoms with Crippen molar-refractivity contribution in [3.8, 4) is 11.3 Å². The molecule has 5 heterocycles. The fourth-order valence-corrected chi connectivity index (χ4v) is 3.95. The van der Waals surface area contributed by atoms with Crippen LogP contribution in [0.5, 0.6) is 0 Å². The topological polar surface area (TPSA) is 67.2 Å². The van der Waals surface area contributed by atoms with E-state index in [1.165, 1.54) is 16.2 Å². The largest absolute Gasteiger partial charge is 0.354 e. The maximum absolute atomic E-state index is 13.3. The second kappa shape index (κ2) is 6.90. The normalized spacial score (nSPS) is 18.7. The van der Waals surface area contributed by atoms with Crippen LogP contribution in [0, 0.1) is 0 Å². The summed E-state index contributed by atoms with van der Waals surface area (Å²) in [5.74, 6) is 0.771. The molecule has 0 saturated carbocycles. The number of halogens is 2. The fraction of sp³-hybridized carbons (Fsp3) is 0.294. The van der Waals surface area contributed by atoms with Crippen LogP contribution in [0.4, 0.5) is 20.0 Å². The Labute approximate surface area is 165 Å². The summed E-state index contributed by atoms with van der Waals surface area (Å²) in [6.45, 7) is 1.56. The summed E-state index contributed by atoms with van der Waals surface area (Å²) >= 11 is 1.28. The second-order valence-electron chi connectivity index (χ2n) is 6.39. The van der Waals surface area contributed by atoms with E-state index >= 15 is 0 Å². The summed E-state index contributed by atoms with van der Waals surface area (Å²) < 4.78 is 18.8. The number of rotatable bonds is 3. The molecule has 2 aliphatic rings. The number of carbonyl (C=O) groups excluding carboxylic acids is 1. The molecular weight excluding hydrogens is 391 g/mol. The summed E-state index contributed by atoms with van der Waals surface area (Å²) in [6.07, 6.45) is 3.18. The summed E-state index contributed by atoms with van der Waals surface area (Å²) in [7, 11) is 0. The van der Waals surface area contributed by atoms with Crippen LogP contribution >= 0.6 is 23.9 Å². The van der Waals surface area contributed by atoms with Crippen LogP contribution in [-0.2, 0) is 6.54 Å². The Balaban J connectivity index is 0.00000180. The molecule has 3 aromatic rings. The Morgan fingerprint density at radius 3 is 2.78 bits per heavy atom. The van der Waals surface area contributed by atoms with Gasteiger partial charge in [-0.1, -0.05) is 0 Å². The fourth-order valence-electron chi connectivity index (χ4n) is 3.35. The molecule has 1 unspecified atom stereocenters. The highest BCUT2D eigenvalue weighted by Gasteiger charge is 2.31. The Kier molecular flexibility index (Phi) is 4.56. The zero-order valence-electron chi connectivity index (χ0n) is 14.2. The van der Waals surface area contributed by atoms with Crippen LogP contribution < -0.4 is 9.80 Å². The highest BCUT2D eigenvalue weighted by atomic mass is 35.5. The summed E-state index contributed by atoms with van der Waals surface area (Å²) in [5, 5.41) is 5.25. The van der Waals surface area contributed by atoms with E-state index in [4.69, 9.17) is 0 Å². The van der Waals surface area contributed by atoms with Crippen molar-refractivity contribution >= 4 is 40.8 Å². The standard InChI is InChI=1S/C17H15FN6OS.ClH/c18-12-4-6-22(9-12)15-2-1-11(8-19-15)14-7-13-10-23(16-3-5-20-26-16)17(25)24(13)21-14;/h1-3,5,7-8,12H,4,6,9-10H2;1H. The monoisotopic (exact) mass is 406 g/mol. The lowest BCUT2D eigenvalue weighted by Crippen LogP contribution is -2.25. The van der Waals surface area contributed by atoms with Gasteiger partial charge in [0, 0.05) is 24.5 Å². The van der Waals surface area contributed by atoms with E-state index in [1.54, 1.807) is 17.3 Å². The van der Waals surface area contributed by atoms with Gasteiger partial charge in [0.2, 0.25) is 0 Å². The molecule has 0 spiro atoms. The average Bonchev–Trinajstić information content (AvgIpc) is 3.41. The quantitative estimate of drug-likeness (QED) is 0.667. The van der Waals surface area contributed by atoms with Crippen molar-refractivity contribution in [2.24, 2.45) is 0 Å². The first-order chi connectivity index (χ1) is 12.7. The van der Waals surface area contributed by atoms with Crippen LogP contribution in [0.15, 0.2) is 36.7 Å². The molecule has 7 nitrogen and oxygen atoms in total. The van der Waals surface area contributed by atoms with E-state index in [2.05, 4.69) is 14.5 Å². The molecule has 0 aliphatic carbocycles. The van der Waals surface area contributed by atoms with Gasteiger partial charge in [-0.15, -0.1) is 12.4 Å². The van der Waals surface area contributed by atoms with Crippen molar-refractivity contribution in [2.45, 2.75) is 19.1 Å². The molecule has 3 aromatic heterocycles. The van der Waals surface area contributed by atoms with E-state index in [-0.39, 0.29) is 18.4 Å². The second-order valence-corrected chi connectivity index (χ2v) is 7.20. The third kappa shape index (κ3) is 3.06. The van der Waals surface area contributed by atoms with E-state index < -0.39 is 6.17 Å². The lowest BCUT2D eigenvalue weighted by atomic mass is 10.2. The lowest BCUT2D eigenvalue weighted by Gasteiger charge is -2.16. The molecule has 1 fully saturated rings. The van der Waals surface area contributed by atoms with Crippen LogP contribution in [0.25, 0.3) is 11.3 Å². The molecule has 2 aliphatic heterocycles. The number of aromatic nitrogens is 4. The molecule has 0 aromatic carbocycles. The van der Waals surface area contributed by atoms with Gasteiger partial charge in [0.05, 0.1) is 24.5 Å². The average molecular weight is 407 g/mol. The maximum Gasteiger partial charge on any atom is 0.350 e. The number of hydrogen-bond donors (Lipinski definition) is 0. The number of alkyl halides is 1. The van der Waals surface area contributed by atoms with Gasteiger partial charge in [0.25, 0.3) is 0 Å². The van der Waals surface area contributed by atoms with Crippen LogP contribution in [0.3, 0.4) is 0 Å². The Bertz CT molecular complexity index is 960. The van der Waals surface area contributed by atoms with Gasteiger partial charge in [-0.2, -0.15) is 14.2 Å². The van der Waals surface area contributed by atoms with Crippen molar-refractivity contribution in [3.05, 3.63) is 42.4 Å². The van der Waals surface area contributed by atoms with Gasteiger partial charge in [0.1, 0.15) is 17.0 Å². The molecule has 140 valence electrons. The lowest BCUT2D eigenvalue weighted by molar-refractivity contribution is 0.248. The highest BCUT2D eigenvalue weighted by molar-refractivity contribution is 7.10. The van der Waals surface area contributed by atoms with Crippen LogP contribution in [0.2, 0.25) is 0 Å². The Morgan fingerprint density at radius 2 is 2.15 bits per heavy atom. The summed E-state index contributed by atoms with van der Waals surface area (Å²) in [6, 6.07) is 7.34. The third-order valence-electron chi connectivity index (χ3n) is 4.70.